The minimum absolute atomic E-state index is 0.104. The Labute approximate surface area is 112 Å². The van der Waals surface area contributed by atoms with Gasteiger partial charge in [0.25, 0.3) is 0 Å². The molecule has 4 nitrogen and oxygen atoms in total. The van der Waals surface area contributed by atoms with Gasteiger partial charge >= 0.3 is 5.97 Å². The van der Waals surface area contributed by atoms with E-state index in [-0.39, 0.29) is 6.42 Å². The highest BCUT2D eigenvalue weighted by molar-refractivity contribution is 7.14. The molecule has 0 N–H and O–H groups in total. The number of aromatic nitrogens is 1. The van der Waals surface area contributed by atoms with Gasteiger partial charge in [0.2, 0.25) is 0 Å². The second-order valence-electron chi connectivity index (χ2n) is 3.59. The molecular formula is C12H10N2O2S2. The second-order valence-corrected chi connectivity index (χ2v) is 5.23. The van der Waals surface area contributed by atoms with Gasteiger partial charge < -0.3 is 4.74 Å². The minimum atomic E-state index is -0.715. The smallest absolute Gasteiger partial charge is 0.313 e. The molecule has 0 saturated heterocycles. The lowest BCUT2D eigenvalue weighted by Crippen LogP contribution is -2.15. The zero-order chi connectivity index (χ0) is 13.0. The third-order valence-corrected chi connectivity index (χ3v) is 3.76. The average Bonchev–Trinajstić information content (AvgIpc) is 2.98. The van der Waals surface area contributed by atoms with Crippen LogP contribution in [0.4, 0.5) is 0 Å². The van der Waals surface area contributed by atoms with Gasteiger partial charge in [-0.15, -0.1) is 11.3 Å². The van der Waals surface area contributed by atoms with Gasteiger partial charge in [0.05, 0.1) is 12.1 Å². The van der Waals surface area contributed by atoms with E-state index < -0.39 is 12.1 Å². The zero-order valence-electron chi connectivity index (χ0n) is 9.62. The number of rotatable bonds is 4. The van der Waals surface area contributed by atoms with Crippen LogP contribution in [0.15, 0.2) is 22.2 Å². The molecule has 2 rings (SSSR count). The Kier molecular flexibility index (Phi) is 4.07. The van der Waals surface area contributed by atoms with Gasteiger partial charge in [0.15, 0.2) is 6.10 Å². The van der Waals surface area contributed by atoms with Crippen molar-refractivity contribution in [1.82, 2.24) is 4.98 Å². The summed E-state index contributed by atoms with van der Waals surface area (Å²) in [5.41, 5.74) is 1.74. The molecule has 1 atom stereocenters. The first-order valence-corrected chi connectivity index (χ1v) is 7.07. The lowest BCUT2D eigenvalue weighted by atomic mass is 10.3. The number of nitriles is 1. The molecule has 6 heteroatoms. The maximum absolute atomic E-state index is 11.5. The SMILES string of the molecule is C[C@@H](C#N)OC(=O)Cc1csc(-c2ccsc2)n1. The molecule has 0 amide bonds. The molecule has 0 aliphatic carbocycles. The number of hydrogen-bond donors (Lipinski definition) is 0. The summed E-state index contributed by atoms with van der Waals surface area (Å²) in [6, 6.07) is 3.84. The normalized spacial score (nSPS) is 11.8. The van der Waals surface area contributed by atoms with Gasteiger partial charge in [0, 0.05) is 16.3 Å². The van der Waals surface area contributed by atoms with Crippen molar-refractivity contribution in [2.45, 2.75) is 19.4 Å². The fourth-order valence-electron chi connectivity index (χ4n) is 1.32. The van der Waals surface area contributed by atoms with Crippen LogP contribution in [0.1, 0.15) is 12.6 Å². The van der Waals surface area contributed by atoms with Crippen LogP contribution in [-0.4, -0.2) is 17.1 Å². The number of thiophene rings is 1. The Morgan fingerprint density at radius 3 is 3.11 bits per heavy atom. The number of ether oxygens (including phenoxy) is 1. The lowest BCUT2D eigenvalue weighted by Gasteiger charge is -2.03. The lowest BCUT2D eigenvalue weighted by molar-refractivity contribution is -0.145. The first-order valence-electron chi connectivity index (χ1n) is 5.25. The minimum Gasteiger partial charge on any atom is -0.447 e. The van der Waals surface area contributed by atoms with E-state index >= 15 is 0 Å². The highest BCUT2D eigenvalue weighted by atomic mass is 32.1. The molecule has 2 aromatic rings. The Morgan fingerprint density at radius 1 is 1.61 bits per heavy atom. The van der Waals surface area contributed by atoms with E-state index in [2.05, 4.69) is 4.98 Å². The molecule has 0 aliphatic heterocycles. The fourth-order valence-corrected chi connectivity index (χ4v) is 2.85. The Bertz CT molecular complexity index is 569. The molecule has 0 aromatic carbocycles. The van der Waals surface area contributed by atoms with Crippen LogP contribution < -0.4 is 0 Å². The summed E-state index contributed by atoms with van der Waals surface area (Å²) in [7, 11) is 0. The molecule has 2 heterocycles. The van der Waals surface area contributed by atoms with Crippen LogP contribution in [0.2, 0.25) is 0 Å². The first kappa shape index (κ1) is 12.7. The summed E-state index contributed by atoms with van der Waals surface area (Å²) in [5, 5.41) is 15.3. The number of esters is 1. The highest BCUT2D eigenvalue weighted by Crippen LogP contribution is 2.25. The molecule has 0 unspecified atom stereocenters. The van der Waals surface area contributed by atoms with E-state index in [1.807, 2.05) is 28.3 Å². The first-order chi connectivity index (χ1) is 8.69. The Morgan fingerprint density at radius 2 is 2.44 bits per heavy atom. The van der Waals surface area contributed by atoms with E-state index in [0.29, 0.717) is 5.69 Å². The monoisotopic (exact) mass is 278 g/mol. The summed E-state index contributed by atoms with van der Waals surface area (Å²) in [4.78, 5) is 15.8. The standard InChI is InChI=1S/C12H10N2O2S2/c1-8(5-13)16-11(15)4-10-7-18-12(14-10)9-2-3-17-6-9/h2-3,6-8H,4H2,1H3/t8-/m0/s1. The Hall–Kier alpha value is -1.71. The summed E-state index contributed by atoms with van der Waals surface area (Å²) in [6.07, 6.45) is -0.611. The van der Waals surface area contributed by atoms with Crippen molar-refractivity contribution < 1.29 is 9.53 Å². The molecule has 92 valence electrons. The van der Waals surface area contributed by atoms with Crippen LogP contribution in [0.3, 0.4) is 0 Å². The van der Waals surface area contributed by atoms with Gasteiger partial charge in [-0.1, -0.05) is 0 Å². The number of hydrogen-bond acceptors (Lipinski definition) is 6. The van der Waals surface area contributed by atoms with Crippen LogP contribution in [0, 0.1) is 11.3 Å². The van der Waals surface area contributed by atoms with Crippen molar-refractivity contribution in [3.63, 3.8) is 0 Å². The van der Waals surface area contributed by atoms with Gasteiger partial charge in [0.1, 0.15) is 11.1 Å². The fraction of sp³-hybridized carbons (Fsp3) is 0.250. The summed E-state index contributed by atoms with van der Waals surface area (Å²) < 4.78 is 4.87. The molecule has 0 bridgehead atoms. The maximum Gasteiger partial charge on any atom is 0.313 e. The van der Waals surface area contributed by atoms with Crippen LogP contribution >= 0.6 is 22.7 Å². The maximum atomic E-state index is 11.5. The van der Waals surface area contributed by atoms with Crippen molar-refractivity contribution >= 4 is 28.6 Å². The van der Waals surface area contributed by atoms with E-state index in [1.165, 1.54) is 18.3 Å². The van der Waals surface area contributed by atoms with E-state index in [0.717, 1.165) is 10.6 Å². The third-order valence-electron chi connectivity index (χ3n) is 2.14. The molecule has 0 aliphatic rings. The van der Waals surface area contributed by atoms with Crippen LogP contribution in [0.25, 0.3) is 10.6 Å². The van der Waals surface area contributed by atoms with Gasteiger partial charge in [-0.3, -0.25) is 4.79 Å². The summed E-state index contributed by atoms with van der Waals surface area (Å²) >= 11 is 3.10. The largest absolute Gasteiger partial charge is 0.447 e. The van der Waals surface area contributed by atoms with Crippen molar-refractivity contribution in [1.29, 1.82) is 5.26 Å². The molecule has 0 radical (unpaired) electrons. The molecule has 18 heavy (non-hydrogen) atoms. The molecular weight excluding hydrogens is 268 g/mol. The third kappa shape index (κ3) is 3.15. The van der Waals surface area contributed by atoms with E-state index in [4.69, 9.17) is 10.00 Å². The summed E-state index contributed by atoms with van der Waals surface area (Å²) in [5.74, 6) is -0.425. The van der Waals surface area contributed by atoms with Gasteiger partial charge in [-0.05, 0) is 18.4 Å². The predicted octanol–water partition coefficient (Wildman–Crippen LogP) is 2.87. The van der Waals surface area contributed by atoms with E-state index in [1.54, 1.807) is 11.3 Å². The number of nitrogens with zero attached hydrogens (tertiary/aromatic N) is 2. The number of carbonyl (C=O) groups excluding carboxylic acids is 1. The predicted molar refractivity (Wildman–Crippen MR) is 70.3 cm³/mol. The number of carbonyl (C=O) groups is 1. The topological polar surface area (TPSA) is 63.0 Å². The summed E-state index contributed by atoms with van der Waals surface area (Å²) in [6.45, 7) is 1.54. The zero-order valence-corrected chi connectivity index (χ0v) is 11.3. The highest BCUT2D eigenvalue weighted by Gasteiger charge is 2.12. The van der Waals surface area contributed by atoms with Gasteiger partial charge in [-0.25, -0.2) is 4.98 Å². The second kappa shape index (κ2) is 5.76. The van der Waals surface area contributed by atoms with Crippen LogP contribution in [0.5, 0.6) is 0 Å². The average molecular weight is 278 g/mol. The Balaban J connectivity index is 1.99. The van der Waals surface area contributed by atoms with Crippen molar-refractivity contribution in [3.05, 3.63) is 27.9 Å². The van der Waals surface area contributed by atoms with Crippen LogP contribution in [-0.2, 0) is 16.0 Å². The molecule has 2 aromatic heterocycles. The van der Waals surface area contributed by atoms with Gasteiger partial charge in [-0.2, -0.15) is 16.6 Å². The molecule has 0 saturated carbocycles. The molecule has 0 fully saturated rings. The quantitative estimate of drug-likeness (QED) is 0.807. The van der Waals surface area contributed by atoms with Crippen molar-refractivity contribution in [2.75, 3.05) is 0 Å². The molecule has 0 spiro atoms. The van der Waals surface area contributed by atoms with Crippen molar-refractivity contribution in [2.24, 2.45) is 0 Å². The van der Waals surface area contributed by atoms with E-state index in [9.17, 15) is 4.79 Å². The number of thiazole rings is 1. The van der Waals surface area contributed by atoms with Crippen molar-refractivity contribution in [3.8, 4) is 16.6 Å².